The minimum atomic E-state index is -0.136. The molecule has 180 valence electrons. The highest BCUT2D eigenvalue weighted by Gasteiger charge is 2.14. The van der Waals surface area contributed by atoms with Gasteiger partial charge in [0, 0.05) is 13.0 Å². The van der Waals surface area contributed by atoms with Crippen molar-refractivity contribution in [2.45, 2.75) is 72.8 Å². The lowest BCUT2D eigenvalue weighted by Gasteiger charge is -2.21. The molecule has 0 aliphatic heterocycles. The Balaban J connectivity index is 0.00000900. The minimum Gasteiger partial charge on any atom is -0.494 e. The fourth-order valence-electron chi connectivity index (χ4n) is 3.66. The smallest absolute Gasteiger partial charge is 0.306 e. The van der Waals surface area contributed by atoms with E-state index in [0.717, 1.165) is 44.6 Å². The summed E-state index contributed by atoms with van der Waals surface area (Å²) in [6.45, 7) is 13.6. The van der Waals surface area contributed by atoms with Gasteiger partial charge >= 0.3 is 5.97 Å². The number of benzene rings is 1. The van der Waals surface area contributed by atoms with E-state index >= 15 is 0 Å². The highest BCUT2D eigenvalue weighted by molar-refractivity contribution is 5.85. The Morgan fingerprint density at radius 2 is 1.65 bits per heavy atom. The second kappa shape index (κ2) is 18.3. The third-order valence-corrected chi connectivity index (χ3v) is 5.07. The second-order valence-corrected chi connectivity index (χ2v) is 8.63. The van der Waals surface area contributed by atoms with Crippen molar-refractivity contribution in [1.29, 1.82) is 0 Å². The van der Waals surface area contributed by atoms with Crippen LogP contribution in [0.1, 0.15) is 71.8 Å². The third kappa shape index (κ3) is 14.4. The molecular formula is C25H45ClN2O3. The van der Waals surface area contributed by atoms with Gasteiger partial charge in [-0.3, -0.25) is 9.69 Å². The van der Waals surface area contributed by atoms with Crippen LogP contribution < -0.4 is 10.5 Å². The van der Waals surface area contributed by atoms with E-state index in [1.165, 1.54) is 18.4 Å². The van der Waals surface area contributed by atoms with Gasteiger partial charge in [0.2, 0.25) is 0 Å². The number of nitrogens with zero attached hydrogens (tertiary/aromatic N) is 1. The molecule has 0 fully saturated rings. The van der Waals surface area contributed by atoms with Crippen LogP contribution in [-0.4, -0.2) is 43.7 Å². The van der Waals surface area contributed by atoms with Crippen LogP contribution in [0.5, 0.6) is 5.75 Å². The zero-order valence-corrected chi connectivity index (χ0v) is 20.9. The van der Waals surface area contributed by atoms with Crippen molar-refractivity contribution in [3.63, 3.8) is 0 Å². The maximum absolute atomic E-state index is 11.9. The largest absolute Gasteiger partial charge is 0.494 e. The molecule has 1 rings (SSSR count). The van der Waals surface area contributed by atoms with E-state index in [-0.39, 0.29) is 24.3 Å². The summed E-state index contributed by atoms with van der Waals surface area (Å²) in [4.78, 5) is 14.4. The van der Waals surface area contributed by atoms with Crippen LogP contribution in [0.15, 0.2) is 24.3 Å². The maximum Gasteiger partial charge on any atom is 0.306 e. The van der Waals surface area contributed by atoms with Crippen LogP contribution in [0, 0.1) is 11.8 Å². The van der Waals surface area contributed by atoms with Gasteiger partial charge < -0.3 is 15.2 Å². The van der Waals surface area contributed by atoms with Crippen LogP contribution in [0.2, 0.25) is 0 Å². The van der Waals surface area contributed by atoms with Crippen LogP contribution >= 0.6 is 12.4 Å². The molecule has 6 heteroatoms. The number of ether oxygens (including phenoxy) is 2. The van der Waals surface area contributed by atoms with E-state index in [4.69, 9.17) is 15.2 Å². The van der Waals surface area contributed by atoms with Crippen molar-refractivity contribution in [1.82, 2.24) is 4.90 Å². The molecule has 0 aromatic heterocycles. The van der Waals surface area contributed by atoms with Crippen molar-refractivity contribution in [2.75, 3.05) is 32.8 Å². The molecule has 31 heavy (non-hydrogen) atoms. The summed E-state index contributed by atoms with van der Waals surface area (Å²) in [5, 5.41) is 0. The molecule has 1 aromatic carbocycles. The number of unbranched alkanes of at least 4 members (excludes halogenated alkanes) is 1. The van der Waals surface area contributed by atoms with E-state index in [1.54, 1.807) is 0 Å². The summed E-state index contributed by atoms with van der Waals surface area (Å²) in [6.07, 6.45) is 5.43. The number of nitrogens with two attached hydrogens (primary N) is 1. The predicted octanol–water partition coefficient (Wildman–Crippen LogP) is 5.44. The van der Waals surface area contributed by atoms with Gasteiger partial charge in [0.25, 0.3) is 0 Å². The van der Waals surface area contributed by atoms with Crippen molar-refractivity contribution < 1.29 is 14.3 Å². The Morgan fingerprint density at radius 3 is 2.19 bits per heavy atom. The lowest BCUT2D eigenvalue weighted by molar-refractivity contribution is -0.145. The Hall–Kier alpha value is -1.30. The standard InChI is InChI=1S/C25H44N2O3.ClH/c1-5-13-27(14-6-2)20-22-9-11-24(12-10-22)29-15-7-8-16-30-25(28)18-23(19-26)17-21(3)4;/h9-12,21,23H,5-8,13-20,26H2,1-4H3;1H. The van der Waals surface area contributed by atoms with Gasteiger partial charge in [-0.05, 0) is 81.3 Å². The third-order valence-electron chi connectivity index (χ3n) is 5.07. The predicted molar refractivity (Wildman–Crippen MR) is 132 cm³/mol. The number of hydrogen-bond donors (Lipinski definition) is 1. The molecule has 1 aromatic rings. The van der Waals surface area contributed by atoms with Gasteiger partial charge in [0.1, 0.15) is 5.75 Å². The quantitative estimate of drug-likeness (QED) is 0.249. The summed E-state index contributed by atoms with van der Waals surface area (Å²) in [5.41, 5.74) is 7.08. The fraction of sp³-hybridized carbons (Fsp3) is 0.720. The highest BCUT2D eigenvalue weighted by Crippen LogP contribution is 2.16. The highest BCUT2D eigenvalue weighted by atomic mass is 35.5. The Labute approximate surface area is 196 Å². The average Bonchev–Trinajstić information content (AvgIpc) is 2.71. The number of halogens is 1. The van der Waals surface area contributed by atoms with Gasteiger partial charge in [0.15, 0.2) is 0 Å². The van der Waals surface area contributed by atoms with E-state index < -0.39 is 0 Å². The first-order valence-electron chi connectivity index (χ1n) is 11.8. The van der Waals surface area contributed by atoms with Crippen LogP contribution in [0.3, 0.4) is 0 Å². The van der Waals surface area contributed by atoms with E-state index in [9.17, 15) is 4.79 Å². The first kappa shape index (κ1) is 29.7. The Morgan fingerprint density at radius 1 is 1.03 bits per heavy atom. The Bertz CT molecular complexity index is 560. The molecule has 0 spiro atoms. The number of carbonyl (C=O) groups excluding carboxylic acids is 1. The molecule has 5 nitrogen and oxygen atoms in total. The first-order chi connectivity index (χ1) is 14.5. The van der Waals surface area contributed by atoms with E-state index in [0.29, 0.717) is 32.1 Å². The number of hydrogen-bond acceptors (Lipinski definition) is 5. The molecule has 1 atom stereocenters. The van der Waals surface area contributed by atoms with Crippen LogP contribution in [0.4, 0.5) is 0 Å². The van der Waals surface area contributed by atoms with Gasteiger partial charge in [0.05, 0.1) is 13.2 Å². The van der Waals surface area contributed by atoms with Crippen molar-refractivity contribution in [2.24, 2.45) is 17.6 Å². The van der Waals surface area contributed by atoms with Crippen LogP contribution in [0.25, 0.3) is 0 Å². The molecule has 0 heterocycles. The van der Waals surface area contributed by atoms with Crippen molar-refractivity contribution in [3.8, 4) is 5.75 Å². The topological polar surface area (TPSA) is 64.8 Å². The molecule has 1 unspecified atom stereocenters. The summed E-state index contributed by atoms with van der Waals surface area (Å²) in [6, 6.07) is 8.40. The molecule has 0 radical (unpaired) electrons. The van der Waals surface area contributed by atoms with Gasteiger partial charge in [-0.15, -0.1) is 12.4 Å². The molecule has 0 aliphatic carbocycles. The zero-order chi connectivity index (χ0) is 22.2. The molecule has 2 N–H and O–H groups in total. The molecule has 0 aliphatic rings. The van der Waals surface area contributed by atoms with Gasteiger partial charge in [-0.25, -0.2) is 0 Å². The van der Waals surface area contributed by atoms with Crippen molar-refractivity contribution in [3.05, 3.63) is 29.8 Å². The lowest BCUT2D eigenvalue weighted by atomic mass is 9.94. The lowest BCUT2D eigenvalue weighted by Crippen LogP contribution is -2.24. The monoisotopic (exact) mass is 456 g/mol. The van der Waals surface area contributed by atoms with Gasteiger partial charge in [-0.1, -0.05) is 39.8 Å². The van der Waals surface area contributed by atoms with E-state index in [2.05, 4.69) is 44.7 Å². The Kier molecular flexibility index (Phi) is 17.5. The van der Waals surface area contributed by atoms with Crippen molar-refractivity contribution >= 4 is 18.4 Å². The zero-order valence-electron chi connectivity index (χ0n) is 20.1. The second-order valence-electron chi connectivity index (χ2n) is 8.63. The normalized spacial score (nSPS) is 12.0. The molecular weight excluding hydrogens is 412 g/mol. The number of esters is 1. The first-order valence-corrected chi connectivity index (χ1v) is 11.8. The number of carbonyl (C=O) groups is 1. The fourth-order valence-corrected chi connectivity index (χ4v) is 3.66. The maximum atomic E-state index is 11.9. The van der Waals surface area contributed by atoms with E-state index in [1.807, 2.05) is 12.1 Å². The summed E-state index contributed by atoms with van der Waals surface area (Å²) >= 11 is 0. The minimum absolute atomic E-state index is 0. The summed E-state index contributed by atoms with van der Waals surface area (Å²) in [5.74, 6) is 1.53. The summed E-state index contributed by atoms with van der Waals surface area (Å²) < 4.78 is 11.2. The average molecular weight is 457 g/mol. The molecule has 0 saturated carbocycles. The van der Waals surface area contributed by atoms with Crippen LogP contribution in [-0.2, 0) is 16.1 Å². The molecule has 0 saturated heterocycles. The molecule has 0 bridgehead atoms. The summed E-state index contributed by atoms with van der Waals surface area (Å²) in [7, 11) is 0. The SMILES string of the molecule is CCCN(CCC)Cc1ccc(OCCCCOC(=O)CC(CN)CC(C)C)cc1.Cl. The number of rotatable bonds is 17. The molecule has 0 amide bonds. The van der Waals surface area contributed by atoms with Gasteiger partial charge in [-0.2, -0.15) is 0 Å².